The third-order valence-corrected chi connectivity index (χ3v) is 5.07. The standard InChI is InChI=1S/C12H13N3O4S/c13-6-10-3-4-11(7-14-10)20(18,19)15-5-1-2-9(8-15)12(16)17/h3-4,7,9H,1-2,5,8H2,(H,16,17)/t9-/m1/s1. The van der Waals surface area contributed by atoms with Crippen LogP contribution in [-0.2, 0) is 14.8 Å². The molecule has 2 rings (SSSR count). The molecule has 1 saturated heterocycles. The maximum Gasteiger partial charge on any atom is 0.307 e. The van der Waals surface area contributed by atoms with Gasteiger partial charge in [0.2, 0.25) is 10.0 Å². The van der Waals surface area contributed by atoms with Crippen LogP contribution in [0.5, 0.6) is 0 Å². The number of carboxylic acids is 1. The Balaban J connectivity index is 2.25. The molecule has 0 unspecified atom stereocenters. The number of aliphatic carboxylic acids is 1. The fraction of sp³-hybridized carbons (Fsp3) is 0.417. The zero-order valence-electron chi connectivity index (χ0n) is 10.6. The Kier molecular flexibility index (Phi) is 4.01. The molecule has 0 bridgehead atoms. The number of nitrogens with zero attached hydrogens (tertiary/aromatic N) is 3. The molecule has 1 aliphatic rings. The molecule has 20 heavy (non-hydrogen) atoms. The Morgan fingerprint density at radius 3 is 2.80 bits per heavy atom. The van der Waals surface area contributed by atoms with E-state index in [0.29, 0.717) is 19.4 Å². The van der Waals surface area contributed by atoms with Crippen LogP contribution in [0.4, 0.5) is 0 Å². The highest BCUT2D eigenvalue weighted by atomic mass is 32.2. The van der Waals surface area contributed by atoms with Crippen LogP contribution in [0.15, 0.2) is 23.2 Å². The number of aromatic nitrogens is 1. The quantitative estimate of drug-likeness (QED) is 0.866. The van der Waals surface area contributed by atoms with Crippen LogP contribution in [-0.4, -0.2) is 41.9 Å². The molecule has 2 heterocycles. The molecule has 1 atom stereocenters. The van der Waals surface area contributed by atoms with E-state index in [2.05, 4.69) is 4.98 Å². The molecular weight excluding hydrogens is 282 g/mol. The van der Waals surface area contributed by atoms with Crippen molar-refractivity contribution in [2.24, 2.45) is 5.92 Å². The molecule has 8 heteroatoms. The molecule has 1 aliphatic heterocycles. The van der Waals surface area contributed by atoms with Gasteiger partial charge in [0.25, 0.3) is 0 Å². The molecule has 0 saturated carbocycles. The largest absolute Gasteiger partial charge is 0.481 e. The minimum absolute atomic E-state index is 0.0254. The Hall–Kier alpha value is -1.98. The van der Waals surface area contributed by atoms with Crippen molar-refractivity contribution in [2.75, 3.05) is 13.1 Å². The smallest absolute Gasteiger partial charge is 0.307 e. The van der Waals surface area contributed by atoms with Crippen molar-refractivity contribution in [3.8, 4) is 6.07 Å². The highest BCUT2D eigenvalue weighted by Gasteiger charge is 2.33. The van der Waals surface area contributed by atoms with Gasteiger partial charge in [-0.3, -0.25) is 4.79 Å². The maximum atomic E-state index is 12.4. The summed E-state index contributed by atoms with van der Waals surface area (Å²) in [6.07, 6.45) is 2.12. The molecule has 1 fully saturated rings. The summed E-state index contributed by atoms with van der Waals surface area (Å²) in [7, 11) is -3.76. The first-order valence-corrected chi connectivity index (χ1v) is 7.48. The van der Waals surface area contributed by atoms with E-state index < -0.39 is 21.9 Å². The summed E-state index contributed by atoms with van der Waals surface area (Å²) >= 11 is 0. The van der Waals surface area contributed by atoms with Crippen LogP contribution >= 0.6 is 0 Å². The Bertz CT molecular complexity index is 648. The van der Waals surface area contributed by atoms with Crippen molar-refractivity contribution >= 4 is 16.0 Å². The molecule has 0 aliphatic carbocycles. The van der Waals surface area contributed by atoms with Gasteiger partial charge in [0, 0.05) is 19.3 Å². The second-order valence-electron chi connectivity index (χ2n) is 4.53. The zero-order chi connectivity index (χ0) is 14.8. The number of rotatable bonds is 3. The lowest BCUT2D eigenvalue weighted by atomic mass is 10.0. The summed E-state index contributed by atoms with van der Waals surface area (Å²) in [6.45, 7) is 0.268. The highest BCUT2D eigenvalue weighted by molar-refractivity contribution is 7.89. The summed E-state index contributed by atoms with van der Waals surface area (Å²) < 4.78 is 25.9. The molecule has 1 N–H and O–H groups in total. The van der Waals surface area contributed by atoms with Crippen molar-refractivity contribution in [3.63, 3.8) is 0 Å². The minimum atomic E-state index is -3.76. The van der Waals surface area contributed by atoms with Crippen LogP contribution in [0.3, 0.4) is 0 Å². The van der Waals surface area contributed by atoms with Gasteiger partial charge in [-0.2, -0.15) is 9.57 Å². The number of hydrogen-bond donors (Lipinski definition) is 1. The van der Waals surface area contributed by atoms with E-state index in [1.165, 1.54) is 16.4 Å². The fourth-order valence-electron chi connectivity index (χ4n) is 2.11. The molecule has 0 amide bonds. The number of carbonyl (C=O) groups is 1. The Labute approximate surface area is 116 Å². The lowest BCUT2D eigenvalue weighted by Crippen LogP contribution is -2.42. The summed E-state index contributed by atoms with van der Waals surface area (Å²) in [4.78, 5) is 14.7. The second-order valence-corrected chi connectivity index (χ2v) is 6.47. The third-order valence-electron chi connectivity index (χ3n) is 3.22. The van der Waals surface area contributed by atoms with Gasteiger partial charge < -0.3 is 5.11 Å². The molecule has 1 aromatic heterocycles. The number of carboxylic acid groups (broad SMARTS) is 1. The number of sulfonamides is 1. The number of nitriles is 1. The summed E-state index contributed by atoms with van der Waals surface area (Å²) in [5, 5.41) is 17.6. The van der Waals surface area contributed by atoms with Crippen LogP contribution < -0.4 is 0 Å². The normalized spacial score (nSPS) is 20.2. The van der Waals surface area contributed by atoms with Crippen molar-refractivity contribution in [1.82, 2.24) is 9.29 Å². The minimum Gasteiger partial charge on any atom is -0.481 e. The van der Waals surface area contributed by atoms with E-state index in [4.69, 9.17) is 10.4 Å². The van der Waals surface area contributed by atoms with Crippen LogP contribution in [0.25, 0.3) is 0 Å². The molecule has 0 radical (unpaired) electrons. The first kappa shape index (κ1) is 14.4. The maximum absolute atomic E-state index is 12.4. The molecule has 7 nitrogen and oxygen atoms in total. The van der Waals surface area contributed by atoms with Crippen molar-refractivity contribution in [2.45, 2.75) is 17.7 Å². The highest BCUT2D eigenvalue weighted by Crippen LogP contribution is 2.23. The Morgan fingerprint density at radius 1 is 1.50 bits per heavy atom. The number of pyridine rings is 1. The number of piperidine rings is 1. The summed E-state index contributed by atoms with van der Waals surface area (Å²) in [6, 6.07) is 4.45. The predicted molar refractivity (Wildman–Crippen MR) is 68.1 cm³/mol. The van der Waals surface area contributed by atoms with Crippen LogP contribution in [0.2, 0.25) is 0 Å². The molecule has 1 aromatic rings. The predicted octanol–water partition coefficient (Wildman–Crippen LogP) is 0.439. The first-order chi connectivity index (χ1) is 9.45. The SMILES string of the molecule is N#Cc1ccc(S(=O)(=O)N2CCC[C@@H](C(=O)O)C2)cn1. The molecule has 0 aromatic carbocycles. The third kappa shape index (κ3) is 2.79. The van der Waals surface area contributed by atoms with Crippen LogP contribution in [0, 0.1) is 17.2 Å². The summed E-state index contributed by atoms with van der Waals surface area (Å²) in [5.41, 5.74) is 0.131. The zero-order valence-corrected chi connectivity index (χ0v) is 11.4. The van der Waals surface area contributed by atoms with Crippen molar-refractivity contribution in [1.29, 1.82) is 5.26 Å². The second kappa shape index (κ2) is 5.56. The Morgan fingerprint density at radius 2 is 2.25 bits per heavy atom. The lowest BCUT2D eigenvalue weighted by Gasteiger charge is -2.29. The fourth-order valence-corrected chi connectivity index (χ4v) is 3.58. The van der Waals surface area contributed by atoms with E-state index in [0.717, 1.165) is 6.20 Å². The van der Waals surface area contributed by atoms with E-state index in [1.807, 2.05) is 6.07 Å². The van der Waals surface area contributed by atoms with Gasteiger partial charge in [0.05, 0.1) is 5.92 Å². The van der Waals surface area contributed by atoms with E-state index in [1.54, 1.807) is 0 Å². The van der Waals surface area contributed by atoms with E-state index >= 15 is 0 Å². The average Bonchev–Trinajstić information content (AvgIpc) is 2.47. The van der Waals surface area contributed by atoms with Gasteiger partial charge in [-0.25, -0.2) is 13.4 Å². The van der Waals surface area contributed by atoms with Gasteiger partial charge >= 0.3 is 5.97 Å². The number of hydrogen-bond acceptors (Lipinski definition) is 5. The molecular formula is C12H13N3O4S. The molecule has 106 valence electrons. The molecule has 0 spiro atoms. The lowest BCUT2D eigenvalue weighted by molar-refractivity contribution is -0.142. The van der Waals surface area contributed by atoms with Crippen molar-refractivity contribution in [3.05, 3.63) is 24.0 Å². The van der Waals surface area contributed by atoms with Gasteiger partial charge in [-0.1, -0.05) is 0 Å². The average molecular weight is 295 g/mol. The monoisotopic (exact) mass is 295 g/mol. The van der Waals surface area contributed by atoms with E-state index in [9.17, 15) is 13.2 Å². The van der Waals surface area contributed by atoms with Gasteiger partial charge in [0.15, 0.2) is 0 Å². The van der Waals surface area contributed by atoms with Gasteiger partial charge in [-0.15, -0.1) is 0 Å². The van der Waals surface area contributed by atoms with E-state index in [-0.39, 0.29) is 17.1 Å². The van der Waals surface area contributed by atoms with Gasteiger partial charge in [-0.05, 0) is 25.0 Å². The van der Waals surface area contributed by atoms with Crippen LogP contribution in [0.1, 0.15) is 18.5 Å². The topological polar surface area (TPSA) is 111 Å². The van der Waals surface area contributed by atoms with Crippen molar-refractivity contribution < 1.29 is 18.3 Å². The first-order valence-electron chi connectivity index (χ1n) is 6.04. The summed E-state index contributed by atoms with van der Waals surface area (Å²) in [5.74, 6) is -1.66. The van der Waals surface area contributed by atoms with Gasteiger partial charge in [0.1, 0.15) is 16.7 Å².